The van der Waals surface area contributed by atoms with Crippen LogP contribution in [0.5, 0.6) is 0 Å². The van der Waals surface area contributed by atoms with Gasteiger partial charge in [-0.15, -0.1) is 6.58 Å². The number of carbonyl (C=O) groups excluding carboxylic acids is 1. The van der Waals surface area contributed by atoms with Gasteiger partial charge in [-0.3, -0.25) is 0 Å². The Hall–Kier alpha value is -1.25. The van der Waals surface area contributed by atoms with E-state index in [1.165, 1.54) is 7.11 Å². The largest absolute Gasteiger partial charge is 0.464 e. The first-order valence-corrected chi connectivity index (χ1v) is 3.85. The summed E-state index contributed by atoms with van der Waals surface area (Å²) < 4.78 is 4.54. The standard InChI is InChI=1S/C9H15NO2/c1-4-6-7-10-8(5-2)9(11)12-3/h4-5,10H,1,6-7H2,2-3H3/b8-5-. The van der Waals surface area contributed by atoms with E-state index in [-0.39, 0.29) is 5.97 Å². The van der Waals surface area contributed by atoms with Crippen LogP contribution in [0.1, 0.15) is 13.3 Å². The molecule has 0 fully saturated rings. The maximum Gasteiger partial charge on any atom is 0.353 e. The highest BCUT2D eigenvalue weighted by Gasteiger charge is 2.05. The molecule has 12 heavy (non-hydrogen) atoms. The summed E-state index contributed by atoms with van der Waals surface area (Å²) in [6.45, 7) is 6.06. The number of hydrogen-bond acceptors (Lipinski definition) is 3. The fraction of sp³-hybridized carbons (Fsp3) is 0.444. The molecule has 3 heteroatoms. The monoisotopic (exact) mass is 169 g/mol. The Morgan fingerprint density at radius 3 is 2.75 bits per heavy atom. The second-order valence-electron chi connectivity index (χ2n) is 2.20. The molecule has 0 saturated heterocycles. The van der Waals surface area contributed by atoms with Gasteiger partial charge in [-0.2, -0.15) is 0 Å². The predicted molar refractivity (Wildman–Crippen MR) is 48.6 cm³/mol. The van der Waals surface area contributed by atoms with E-state index in [0.29, 0.717) is 12.2 Å². The van der Waals surface area contributed by atoms with Gasteiger partial charge in [0.2, 0.25) is 0 Å². The summed E-state index contributed by atoms with van der Waals surface area (Å²) in [5.41, 5.74) is 0.499. The van der Waals surface area contributed by atoms with E-state index < -0.39 is 0 Å². The van der Waals surface area contributed by atoms with Crippen LogP contribution in [0, 0.1) is 0 Å². The Morgan fingerprint density at radius 1 is 1.67 bits per heavy atom. The Bertz CT molecular complexity index is 185. The maximum atomic E-state index is 11.0. The van der Waals surface area contributed by atoms with E-state index in [1.807, 2.05) is 0 Å². The summed E-state index contributed by atoms with van der Waals surface area (Å²) in [6.07, 6.45) is 4.31. The third-order valence-corrected chi connectivity index (χ3v) is 1.36. The second-order valence-corrected chi connectivity index (χ2v) is 2.20. The van der Waals surface area contributed by atoms with Gasteiger partial charge >= 0.3 is 5.97 Å². The van der Waals surface area contributed by atoms with E-state index in [0.717, 1.165) is 6.42 Å². The van der Waals surface area contributed by atoms with Crippen molar-refractivity contribution in [2.45, 2.75) is 13.3 Å². The molecule has 0 aromatic carbocycles. The van der Waals surface area contributed by atoms with Crippen LogP contribution in [0.2, 0.25) is 0 Å². The number of ether oxygens (including phenoxy) is 1. The topological polar surface area (TPSA) is 38.3 Å². The number of hydrogen-bond donors (Lipinski definition) is 1. The predicted octanol–water partition coefficient (Wildman–Crippen LogP) is 1.23. The van der Waals surface area contributed by atoms with Crippen LogP contribution < -0.4 is 5.32 Å². The minimum Gasteiger partial charge on any atom is -0.464 e. The molecule has 0 aromatic rings. The van der Waals surface area contributed by atoms with Crippen LogP contribution in [0.3, 0.4) is 0 Å². The van der Waals surface area contributed by atoms with Crippen molar-refractivity contribution in [3.8, 4) is 0 Å². The maximum absolute atomic E-state index is 11.0. The number of esters is 1. The van der Waals surface area contributed by atoms with Gasteiger partial charge < -0.3 is 10.1 Å². The Balaban J connectivity index is 3.85. The summed E-state index contributed by atoms with van der Waals surface area (Å²) in [4.78, 5) is 11.0. The van der Waals surface area contributed by atoms with Gasteiger partial charge in [0.05, 0.1) is 7.11 Å². The molecule has 0 rings (SSSR count). The van der Waals surface area contributed by atoms with Crippen LogP contribution in [0.15, 0.2) is 24.4 Å². The van der Waals surface area contributed by atoms with Gasteiger partial charge in [0, 0.05) is 6.54 Å². The number of rotatable bonds is 5. The van der Waals surface area contributed by atoms with Gasteiger partial charge in [-0.05, 0) is 13.3 Å². The normalized spacial score (nSPS) is 10.7. The first-order chi connectivity index (χ1) is 5.76. The Kier molecular flexibility index (Phi) is 5.79. The highest BCUT2D eigenvalue weighted by Crippen LogP contribution is 1.92. The lowest BCUT2D eigenvalue weighted by Gasteiger charge is -2.06. The lowest BCUT2D eigenvalue weighted by Crippen LogP contribution is -2.22. The number of allylic oxidation sites excluding steroid dienone is 1. The third kappa shape index (κ3) is 3.81. The zero-order valence-electron chi connectivity index (χ0n) is 7.59. The highest BCUT2D eigenvalue weighted by molar-refractivity contribution is 5.87. The fourth-order valence-corrected chi connectivity index (χ4v) is 0.711. The van der Waals surface area contributed by atoms with E-state index in [2.05, 4.69) is 16.6 Å². The molecular weight excluding hydrogens is 154 g/mol. The summed E-state index contributed by atoms with van der Waals surface area (Å²) in [5, 5.41) is 2.94. The molecule has 0 aliphatic carbocycles. The number of methoxy groups -OCH3 is 1. The minimum atomic E-state index is -0.332. The van der Waals surface area contributed by atoms with Crippen LogP contribution in [-0.2, 0) is 9.53 Å². The number of carbonyl (C=O) groups is 1. The second kappa shape index (κ2) is 6.46. The summed E-state index contributed by atoms with van der Waals surface area (Å²) in [7, 11) is 1.36. The third-order valence-electron chi connectivity index (χ3n) is 1.36. The molecule has 0 aliphatic rings. The quantitative estimate of drug-likeness (QED) is 0.291. The van der Waals surface area contributed by atoms with E-state index in [1.54, 1.807) is 19.1 Å². The van der Waals surface area contributed by atoms with E-state index in [4.69, 9.17) is 0 Å². The van der Waals surface area contributed by atoms with Crippen LogP contribution >= 0.6 is 0 Å². The average molecular weight is 169 g/mol. The zero-order valence-corrected chi connectivity index (χ0v) is 7.59. The zero-order chi connectivity index (χ0) is 9.40. The van der Waals surface area contributed by atoms with Crippen molar-refractivity contribution in [1.82, 2.24) is 5.32 Å². The lowest BCUT2D eigenvalue weighted by atomic mass is 10.3. The lowest BCUT2D eigenvalue weighted by molar-refractivity contribution is -0.136. The van der Waals surface area contributed by atoms with Crippen molar-refractivity contribution < 1.29 is 9.53 Å². The van der Waals surface area contributed by atoms with Gasteiger partial charge in [0.15, 0.2) is 0 Å². The van der Waals surface area contributed by atoms with Crippen molar-refractivity contribution in [3.05, 3.63) is 24.4 Å². The summed E-state index contributed by atoms with van der Waals surface area (Å²) in [6, 6.07) is 0. The molecule has 0 atom stereocenters. The van der Waals surface area contributed by atoms with Crippen molar-refractivity contribution in [2.24, 2.45) is 0 Å². The van der Waals surface area contributed by atoms with Crippen LogP contribution in [-0.4, -0.2) is 19.6 Å². The molecule has 0 aromatic heterocycles. The van der Waals surface area contributed by atoms with Gasteiger partial charge in [-0.1, -0.05) is 12.2 Å². The Labute approximate surface area is 73.1 Å². The first kappa shape index (κ1) is 10.8. The van der Waals surface area contributed by atoms with E-state index in [9.17, 15) is 4.79 Å². The SMILES string of the molecule is C=CCCN/C(=C\C)C(=O)OC. The molecule has 0 saturated carbocycles. The molecule has 0 spiro atoms. The summed E-state index contributed by atoms with van der Waals surface area (Å²) in [5.74, 6) is -0.332. The highest BCUT2D eigenvalue weighted by atomic mass is 16.5. The molecule has 1 N–H and O–H groups in total. The first-order valence-electron chi connectivity index (χ1n) is 3.85. The van der Waals surface area contributed by atoms with Gasteiger partial charge in [0.25, 0.3) is 0 Å². The smallest absolute Gasteiger partial charge is 0.353 e. The van der Waals surface area contributed by atoms with Crippen molar-refractivity contribution in [2.75, 3.05) is 13.7 Å². The molecule has 0 heterocycles. The van der Waals surface area contributed by atoms with Gasteiger partial charge in [0.1, 0.15) is 5.70 Å². The fourth-order valence-electron chi connectivity index (χ4n) is 0.711. The molecule has 0 radical (unpaired) electrons. The molecule has 3 nitrogen and oxygen atoms in total. The van der Waals surface area contributed by atoms with Crippen molar-refractivity contribution >= 4 is 5.97 Å². The van der Waals surface area contributed by atoms with E-state index >= 15 is 0 Å². The van der Waals surface area contributed by atoms with Crippen molar-refractivity contribution in [3.63, 3.8) is 0 Å². The molecular formula is C9H15NO2. The molecule has 0 unspecified atom stereocenters. The molecule has 0 aliphatic heterocycles. The number of nitrogens with one attached hydrogen (secondary N) is 1. The summed E-state index contributed by atoms with van der Waals surface area (Å²) >= 11 is 0. The Morgan fingerprint density at radius 2 is 2.33 bits per heavy atom. The van der Waals surface area contributed by atoms with Gasteiger partial charge in [-0.25, -0.2) is 4.79 Å². The molecule has 0 bridgehead atoms. The minimum absolute atomic E-state index is 0.332. The van der Waals surface area contributed by atoms with Crippen molar-refractivity contribution in [1.29, 1.82) is 0 Å². The molecule has 68 valence electrons. The van der Waals surface area contributed by atoms with Crippen LogP contribution in [0.4, 0.5) is 0 Å². The average Bonchev–Trinajstić information content (AvgIpc) is 2.11. The molecule has 0 amide bonds. The van der Waals surface area contributed by atoms with Crippen LogP contribution in [0.25, 0.3) is 0 Å².